The van der Waals surface area contributed by atoms with Gasteiger partial charge < -0.3 is 14.8 Å². The molecule has 1 aromatic carbocycles. The van der Waals surface area contributed by atoms with Crippen LogP contribution in [-0.2, 0) is 30.3 Å². The average molecular weight is 487 g/mol. The van der Waals surface area contributed by atoms with E-state index in [9.17, 15) is 31.6 Å². The van der Waals surface area contributed by atoms with Crippen molar-refractivity contribution >= 4 is 15.7 Å². The van der Waals surface area contributed by atoms with Crippen LogP contribution in [0.25, 0.3) is 0 Å². The summed E-state index contributed by atoms with van der Waals surface area (Å²) in [4.78, 5) is 12.2. The minimum atomic E-state index is -4.83. The first kappa shape index (κ1) is 24.0. The Morgan fingerprint density at radius 1 is 1.18 bits per heavy atom. The van der Waals surface area contributed by atoms with Gasteiger partial charge in [-0.1, -0.05) is 12.1 Å². The zero-order valence-electron chi connectivity index (χ0n) is 17.8. The molecular weight excluding hydrogens is 461 g/mol. The molecule has 4 rings (SSSR count). The predicted molar refractivity (Wildman–Crippen MR) is 110 cm³/mol. The van der Waals surface area contributed by atoms with Gasteiger partial charge in [0.25, 0.3) is 0 Å². The normalized spacial score (nSPS) is 27.6. The number of nitrogens with one attached hydrogen (secondary N) is 1. The van der Waals surface area contributed by atoms with Crippen molar-refractivity contribution in [2.45, 2.75) is 72.6 Å². The molecule has 33 heavy (non-hydrogen) atoms. The SMILES string of the molecule is N#CC1(NC(=O)[C@H]2C[C@H](S(=O)(=O)c3ccccc3C(F)(F)F)C[C@@H]2OC2CCOCC2)CC1. The highest BCUT2D eigenvalue weighted by Crippen LogP contribution is 2.42. The number of halogens is 3. The van der Waals surface area contributed by atoms with E-state index in [-0.39, 0.29) is 18.9 Å². The maximum atomic E-state index is 13.5. The molecule has 0 radical (unpaired) electrons. The van der Waals surface area contributed by atoms with Gasteiger partial charge in [-0.3, -0.25) is 4.79 Å². The second-order valence-corrected chi connectivity index (χ2v) is 11.1. The summed E-state index contributed by atoms with van der Waals surface area (Å²) in [6.07, 6.45) is -3.92. The van der Waals surface area contributed by atoms with Crippen LogP contribution in [-0.4, -0.2) is 50.5 Å². The Morgan fingerprint density at radius 3 is 2.45 bits per heavy atom. The Balaban J connectivity index is 1.60. The van der Waals surface area contributed by atoms with Crippen LogP contribution in [0.5, 0.6) is 0 Å². The van der Waals surface area contributed by atoms with E-state index in [0.29, 0.717) is 38.9 Å². The molecule has 7 nitrogen and oxygen atoms in total. The van der Waals surface area contributed by atoms with Crippen LogP contribution >= 0.6 is 0 Å². The van der Waals surface area contributed by atoms with Gasteiger partial charge in [-0.15, -0.1) is 0 Å². The van der Waals surface area contributed by atoms with Gasteiger partial charge in [-0.2, -0.15) is 18.4 Å². The fraction of sp³-hybridized carbons (Fsp3) is 0.636. The number of rotatable bonds is 6. The second-order valence-electron chi connectivity index (χ2n) is 8.91. The quantitative estimate of drug-likeness (QED) is 0.663. The highest BCUT2D eigenvalue weighted by Gasteiger charge is 2.51. The van der Waals surface area contributed by atoms with Gasteiger partial charge in [0.15, 0.2) is 9.84 Å². The third-order valence-electron chi connectivity index (χ3n) is 6.60. The van der Waals surface area contributed by atoms with Gasteiger partial charge in [0, 0.05) is 13.2 Å². The summed E-state index contributed by atoms with van der Waals surface area (Å²) >= 11 is 0. The van der Waals surface area contributed by atoms with Gasteiger partial charge in [0.05, 0.1) is 39.9 Å². The van der Waals surface area contributed by atoms with Crippen LogP contribution < -0.4 is 5.32 Å². The summed E-state index contributed by atoms with van der Waals surface area (Å²) in [7, 11) is -4.40. The summed E-state index contributed by atoms with van der Waals surface area (Å²) in [6.45, 7) is 0.957. The van der Waals surface area contributed by atoms with Crippen molar-refractivity contribution < 1.29 is 35.9 Å². The number of nitrogens with zero attached hydrogens (tertiary/aromatic N) is 1. The lowest BCUT2D eigenvalue weighted by molar-refractivity contribution is -0.140. The summed E-state index contributed by atoms with van der Waals surface area (Å²) in [5.74, 6) is -1.37. The molecule has 3 aliphatic rings. The minimum Gasteiger partial charge on any atom is -0.381 e. The van der Waals surface area contributed by atoms with Gasteiger partial charge in [0.2, 0.25) is 5.91 Å². The molecule has 1 aliphatic heterocycles. The molecule has 1 heterocycles. The van der Waals surface area contributed by atoms with Crippen LogP contribution in [0.2, 0.25) is 0 Å². The van der Waals surface area contributed by atoms with E-state index < -0.39 is 55.2 Å². The number of hydrogen-bond donors (Lipinski definition) is 1. The van der Waals surface area contributed by atoms with Crippen molar-refractivity contribution in [3.63, 3.8) is 0 Å². The molecule has 0 aromatic heterocycles. The maximum absolute atomic E-state index is 13.5. The minimum absolute atomic E-state index is 0.0937. The fourth-order valence-electron chi connectivity index (χ4n) is 4.54. The van der Waals surface area contributed by atoms with Crippen LogP contribution in [0.1, 0.15) is 44.1 Å². The van der Waals surface area contributed by atoms with Crippen LogP contribution in [0.3, 0.4) is 0 Å². The van der Waals surface area contributed by atoms with Crippen LogP contribution in [0.4, 0.5) is 13.2 Å². The largest absolute Gasteiger partial charge is 0.417 e. The van der Waals surface area contributed by atoms with E-state index in [1.54, 1.807) is 0 Å². The molecule has 1 amide bonds. The molecule has 11 heteroatoms. The number of amides is 1. The summed E-state index contributed by atoms with van der Waals surface area (Å²) in [5.41, 5.74) is -2.17. The van der Waals surface area contributed by atoms with Crippen molar-refractivity contribution in [3.8, 4) is 6.07 Å². The summed E-state index contributed by atoms with van der Waals surface area (Å²) < 4.78 is 78.5. The maximum Gasteiger partial charge on any atom is 0.417 e. The van der Waals surface area contributed by atoms with Gasteiger partial charge in [-0.25, -0.2) is 8.42 Å². The molecule has 0 bridgehead atoms. The molecule has 0 unspecified atom stereocenters. The van der Waals surface area contributed by atoms with Crippen molar-refractivity contribution in [2.75, 3.05) is 13.2 Å². The van der Waals surface area contributed by atoms with E-state index in [1.807, 2.05) is 0 Å². The smallest absolute Gasteiger partial charge is 0.381 e. The summed E-state index contributed by atoms with van der Waals surface area (Å²) in [5, 5.41) is 10.8. The molecule has 1 N–H and O–H groups in total. The van der Waals surface area contributed by atoms with Crippen LogP contribution in [0, 0.1) is 17.2 Å². The lowest BCUT2D eigenvalue weighted by atomic mass is 10.0. The van der Waals surface area contributed by atoms with Gasteiger partial charge in [-0.05, 0) is 50.7 Å². The van der Waals surface area contributed by atoms with Gasteiger partial charge >= 0.3 is 6.18 Å². The Morgan fingerprint density at radius 2 is 1.85 bits per heavy atom. The molecule has 1 saturated heterocycles. The lowest BCUT2D eigenvalue weighted by Crippen LogP contribution is -2.43. The Kier molecular flexibility index (Phi) is 6.46. The predicted octanol–water partition coefficient (Wildman–Crippen LogP) is 2.99. The number of carbonyl (C=O) groups is 1. The first-order valence-electron chi connectivity index (χ1n) is 10.9. The number of nitriles is 1. The third-order valence-corrected chi connectivity index (χ3v) is 8.83. The van der Waals surface area contributed by atoms with Crippen molar-refractivity contribution in [2.24, 2.45) is 5.92 Å². The Bertz CT molecular complexity index is 1040. The number of sulfone groups is 1. The lowest BCUT2D eigenvalue weighted by Gasteiger charge is -2.28. The van der Waals surface area contributed by atoms with Crippen molar-refractivity contribution in [1.29, 1.82) is 5.26 Å². The van der Waals surface area contributed by atoms with E-state index in [4.69, 9.17) is 9.47 Å². The molecular formula is C22H25F3N2O5S. The van der Waals surface area contributed by atoms with Crippen molar-refractivity contribution in [3.05, 3.63) is 29.8 Å². The number of carbonyl (C=O) groups excluding carboxylic acids is 1. The van der Waals surface area contributed by atoms with Gasteiger partial charge in [0.1, 0.15) is 5.54 Å². The topological polar surface area (TPSA) is 105 Å². The third kappa shape index (κ3) is 5.03. The average Bonchev–Trinajstić information content (AvgIpc) is 3.42. The fourth-order valence-corrected chi connectivity index (χ4v) is 6.56. The van der Waals surface area contributed by atoms with E-state index >= 15 is 0 Å². The monoisotopic (exact) mass is 486 g/mol. The standard InChI is InChI=1S/C22H25F3N2O5S/c23-22(24,25)17-3-1-2-4-19(17)33(29,30)15-11-16(20(28)27-21(13-26)7-8-21)18(12-15)32-14-5-9-31-10-6-14/h1-4,14-16,18H,5-12H2,(H,27,28)/t15-,16-,18-/m0/s1. The molecule has 3 atom stereocenters. The first-order chi connectivity index (χ1) is 15.6. The highest BCUT2D eigenvalue weighted by molar-refractivity contribution is 7.92. The molecule has 2 aliphatic carbocycles. The number of ether oxygens (including phenoxy) is 2. The Hall–Kier alpha value is -2.16. The molecule has 3 fully saturated rings. The second kappa shape index (κ2) is 8.89. The van der Waals surface area contributed by atoms with E-state index in [0.717, 1.165) is 18.2 Å². The number of alkyl halides is 3. The van der Waals surface area contributed by atoms with E-state index in [1.165, 1.54) is 6.07 Å². The van der Waals surface area contributed by atoms with E-state index in [2.05, 4.69) is 11.4 Å². The van der Waals surface area contributed by atoms with Crippen LogP contribution in [0.15, 0.2) is 29.2 Å². The molecule has 180 valence electrons. The first-order valence-corrected chi connectivity index (χ1v) is 12.5. The zero-order chi connectivity index (χ0) is 23.9. The molecule has 1 aromatic rings. The highest BCUT2D eigenvalue weighted by atomic mass is 32.2. The Labute approximate surface area is 190 Å². The summed E-state index contributed by atoms with van der Waals surface area (Å²) in [6, 6.07) is 6.15. The molecule has 2 saturated carbocycles. The number of hydrogen-bond acceptors (Lipinski definition) is 6. The number of benzene rings is 1. The zero-order valence-corrected chi connectivity index (χ0v) is 18.6. The molecule has 0 spiro atoms. The van der Waals surface area contributed by atoms with Crippen molar-refractivity contribution in [1.82, 2.24) is 5.32 Å².